The molecule has 0 spiro atoms. The Bertz CT molecular complexity index is 324. The van der Waals surface area contributed by atoms with Crippen LogP contribution in [0.15, 0.2) is 11.8 Å². The molecule has 0 bridgehead atoms. The molecule has 0 amide bonds. The lowest BCUT2D eigenvalue weighted by Crippen LogP contribution is -2.42. The predicted octanol–water partition coefficient (Wildman–Crippen LogP) is 5.49. The van der Waals surface area contributed by atoms with Gasteiger partial charge >= 0.3 is 0 Å². The van der Waals surface area contributed by atoms with Crippen molar-refractivity contribution in [3.05, 3.63) is 11.8 Å². The van der Waals surface area contributed by atoms with Crippen molar-refractivity contribution in [2.75, 3.05) is 0 Å². The normalized spacial score (nSPS) is 29.5. The Hall–Kier alpha value is -0.243. The molecule has 0 aromatic heterocycles. The summed E-state index contributed by atoms with van der Waals surface area (Å²) in [6.07, 6.45) is 10.7. The van der Waals surface area contributed by atoms with Gasteiger partial charge in [0.05, 0.1) is 5.76 Å². The molecule has 2 aliphatic rings. The van der Waals surface area contributed by atoms with Crippen LogP contribution in [0.5, 0.6) is 0 Å². The summed E-state index contributed by atoms with van der Waals surface area (Å²) in [6, 6.07) is 0. The van der Waals surface area contributed by atoms with Crippen LogP contribution in [0.3, 0.4) is 0 Å². The molecule has 0 aliphatic heterocycles. The fourth-order valence-electron chi connectivity index (χ4n) is 3.08. The second kappa shape index (κ2) is 5.03. The number of hydrogen-bond acceptors (Lipinski definition) is 1. The summed E-state index contributed by atoms with van der Waals surface area (Å²) in [5.74, 6) is 3.04. The molecule has 104 valence electrons. The molecule has 0 heterocycles. The van der Waals surface area contributed by atoms with Crippen LogP contribution in [0.2, 0.25) is 18.1 Å². The van der Waals surface area contributed by atoms with Gasteiger partial charge < -0.3 is 4.43 Å². The highest BCUT2D eigenvalue weighted by Gasteiger charge is 2.42. The van der Waals surface area contributed by atoms with E-state index in [1.54, 1.807) is 0 Å². The van der Waals surface area contributed by atoms with Crippen molar-refractivity contribution in [1.82, 2.24) is 0 Å². The molecule has 18 heavy (non-hydrogen) atoms. The first-order chi connectivity index (χ1) is 8.31. The molecule has 1 fully saturated rings. The van der Waals surface area contributed by atoms with Gasteiger partial charge in [-0.05, 0) is 55.8 Å². The summed E-state index contributed by atoms with van der Waals surface area (Å²) < 4.78 is 6.61. The molecule has 0 radical (unpaired) electrons. The van der Waals surface area contributed by atoms with E-state index in [2.05, 4.69) is 39.9 Å². The monoisotopic (exact) mass is 266 g/mol. The number of rotatable bonds is 2. The predicted molar refractivity (Wildman–Crippen MR) is 81.0 cm³/mol. The molecule has 1 nitrogen and oxygen atoms in total. The summed E-state index contributed by atoms with van der Waals surface area (Å²) in [5.41, 5.74) is 0. The molecule has 2 heteroatoms. The second-order valence-corrected chi connectivity index (χ2v) is 12.4. The van der Waals surface area contributed by atoms with E-state index in [9.17, 15) is 0 Å². The molecular weight excluding hydrogens is 236 g/mol. The Labute approximate surface area is 114 Å². The third-order valence-electron chi connectivity index (χ3n) is 5.34. The summed E-state index contributed by atoms with van der Waals surface area (Å²) in [4.78, 5) is 0. The van der Waals surface area contributed by atoms with Gasteiger partial charge in [0.25, 0.3) is 0 Å². The fraction of sp³-hybridized carbons (Fsp3) is 0.875. The van der Waals surface area contributed by atoms with Crippen LogP contribution >= 0.6 is 0 Å². The van der Waals surface area contributed by atoms with E-state index >= 15 is 0 Å². The third kappa shape index (κ3) is 2.84. The minimum atomic E-state index is -1.64. The Morgan fingerprint density at radius 2 is 1.78 bits per heavy atom. The first kappa shape index (κ1) is 14.2. The SMILES string of the molecule is CC(C)(C)[Si](C)(C)OC1=CCC[C@@H]2CCCC[C@H]12. The quantitative estimate of drug-likeness (QED) is 0.600. The Morgan fingerprint density at radius 1 is 1.11 bits per heavy atom. The minimum Gasteiger partial charge on any atom is -0.547 e. The van der Waals surface area contributed by atoms with E-state index in [0.717, 1.165) is 11.8 Å². The van der Waals surface area contributed by atoms with Crippen LogP contribution in [0.4, 0.5) is 0 Å². The minimum absolute atomic E-state index is 0.315. The lowest BCUT2D eigenvalue weighted by molar-refractivity contribution is 0.180. The van der Waals surface area contributed by atoms with Gasteiger partial charge in [-0.3, -0.25) is 0 Å². The van der Waals surface area contributed by atoms with Gasteiger partial charge in [-0.2, -0.15) is 0 Å². The maximum Gasteiger partial charge on any atom is 0.250 e. The molecule has 0 aromatic rings. The van der Waals surface area contributed by atoms with Crippen LogP contribution in [0.25, 0.3) is 0 Å². The highest BCUT2D eigenvalue weighted by molar-refractivity contribution is 6.74. The number of hydrogen-bond donors (Lipinski definition) is 0. The molecule has 2 aliphatic carbocycles. The van der Waals surface area contributed by atoms with Crippen LogP contribution in [-0.2, 0) is 4.43 Å². The van der Waals surface area contributed by atoms with Crippen molar-refractivity contribution in [3.63, 3.8) is 0 Å². The van der Waals surface area contributed by atoms with Gasteiger partial charge in [0.2, 0.25) is 8.32 Å². The zero-order chi connectivity index (χ0) is 13.4. The van der Waals surface area contributed by atoms with E-state index < -0.39 is 8.32 Å². The van der Waals surface area contributed by atoms with E-state index in [1.807, 2.05) is 0 Å². The smallest absolute Gasteiger partial charge is 0.250 e. The highest BCUT2D eigenvalue weighted by Crippen LogP contribution is 2.45. The van der Waals surface area contributed by atoms with Crippen LogP contribution in [0.1, 0.15) is 59.3 Å². The summed E-state index contributed by atoms with van der Waals surface area (Å²) in [7, 11) is -1.64. The van der Waals surface area contributed by atoms with Gasteiger partial charge in [0, 0.05) is 5.92 Å². The topological polar surface area (TPSA) is 9.23 Å². The molecule has 0 unspecified atom stereocenters. The Kier molecular flexibility index (Phi) is 3.96. The Balaban J connectivity index is 2.10. The van der Waals surface area contributed by atoms with Gasteiger partial charge in [0.1, 0.15) is 0 Å². The lowest BCUT2D eigenvalue weighted by Gasteiger charge is -2.43. The van der Waals surface area contributed by atoms with Gasteiger partial charge in [-0.25, -0.2) is 0 Å². The van der Waals surface area contributed by atoms with Crippen molar-refractivity contribution in [1.29, 1.82) is 0 Å². The molecule has 0 saturated heterocycles. The summed E-state index contributed by atoms with van der Waals surface area (Å²) in [5, 5.41) is 0.315. The largest absolute Gasteiger partial charge is 0.547 e. The van der Waals surface area contributed by atoms with Crippen LogP contribution in [0, 0.1) is 11.8 Å². The number of allylic oxidation sites excluding steroid dienone is 2. The Morgan fingerprint density at radius 3 is 2.44 bits per heavy atom. The summed E-state index contributed by atoms with van der Waals surface area (Å²) in [6.45, 7) is 11.8. The van der Waals surface area contributed by atoms with Crippen LogP contribution in [-0.4, -0.2) is 8.32 Å². The molecule has 0 aromatic carbocycles. The fourth-order valence-corrected chi connectivity index (χ4v) is 4.21. The van der Waals surface area contributed by atoms with E-state index in [4.69, 9.17) is 4.43 Å². The van der Waals surface area contributed by atoms with Gasteiger partial charge in [-0.15, -0.1) is 0 Å². The summed E-state index contributed by atoms with van der Waals surface area (Å²) >= 11 is 0. The van der Waals surface area contributed by atoms with E-state index in [-0.39, 0.29) is 0 Å². The average molecular weight is 267 g/mol. The van der Waals surface area contributed by atoms with Crippen molar-refractivity contribution >= 4 is 8.32 Å². The molecule has 2 rings (SSSR count). The van der Waals surface area contributed by atoms with E-state index in [1.165, 1.54) is 44.3 Å². The van der Waals surface area contributed by atoms with Crippen molar-refractivity contribution < 1.29 is 4.43 Å². The first-order valence-corrected chi connectivity index (χ1v) is 10.6. The van der Waals surface area contributed by atoms with Gasteiger partial charge in [0.15, 0.2) is 0 Å². The zero-order valence-corrected chi connectivity index (χ0v) is 13.9. The third-order valence-corrected chi connectivity index (χ3v) is 9.70. The van der Waals surface area contributed by atoms with Crippen LogP contribution < -0.4 is 0 Å². The van der Waals surface area contributed by atoms with Crippen molar-refractivity contribution in [2.45, 2.75) is 77.4 Å². The van der Waals surface area contributed by atoms with Crippen molar-refractivity contribution in [3.8, 4) is 0 Å². The zero-order valence-electron chi connectivity index (χ0n) is 12.9. The number of fused-ring (bicyclic) bond motifs is 1. The molecular formula is C16H30OSi. The maximum atomic E-state index is 6.61. The second-order valence-electron chi connectivity index (χ2n) is 7.70. The maximum absolute atomic E-state index is 6.61. The van der Waals surface area contributed by atoms with Crippen molar-refractivity contribution in [2.24, 2.45) is 11.8 Å². The standard InChI is InChI=1S/C16H30OSi/c1-16(2,3)18(4,5)17-15-12-8-10-13-9-6-7-11-14(13)15/h12-14H,6-11H2,1-5H3/t13-,14-/m0/s1. The first-order valence-electron chi connectivity index (χ1n) is 7.70. The lowest BCUT2D eigenvalue weighted by atomic mass is 9.73. The molecule has 2 atom stereocenters. The average Bonchev–Trinajstić information content (AvgIpc) is 2.27. The van der Waals surface area contributed by atoms with Gasteiger partial charge in [-0.1, -0.05) is 33.6 Å². The highest BCUT2D eigenvalue weighted by atomic mass is 28.4. The van der Waals surface area contributed by atoms with E-state index in [0.29, 0.717) is 5.04 Å². The molecule has 0 N–H and O–H groups in total. The molecule has 1 saturated carbocycles.